The summed E-state index contributed by atoms with van der Waals surface area (Å²) in [6, 6.07) is 0. The number of carbonyl (C=O) groups excluding carboxylic acids is 2. The number of halogens is 1. The Morgan fingerprint density at radius 3 is 2.50 bits per heavy atom. The van der Waals surface area contributed by atoms with E-state index in [4.69, 9.17) is 22.1 Å². The molecule has 8 nitrogen and oxygen atoms in total. The highest BCUT2D eigenvalue weighted by Crippen LogP contribution is 2.21. The smallest absolute Gasteiger partial charge is 0.365 e. The van der Waals surface area contributed by atoms with Gasteiger partial charge in [-0.2, -0.15) is 0 Å². The van der Waals surface area contributed by atoms with Gasteiger partial charge in [-0.15, -0.1) is 0 Å². The third-order valence-corrected chi connectivity index (χ3v) is 2.77. The van der Waals surface area contributed by atoms with Crippen LogP contribution in [0.4, 0.5) is 11.6 Å². The minimum Gasteiger partial charge on any atom is -0.426 e. The average Bonchev–Trinajstić information content (AvgIpc) is 2.40. The van der Waals surface area contributed by atoms with Gasteiger partial charge < -0.3 is 21.1 Å². The molecule has 0 saturated carbocycles. The van der Waals surface area contributed by atoms with Crippen LogP contribution in [0.1, 0.15) is 45.1 Å². The quantitative estimate of drug-likeness (QED) is 0.420. The molecule has 1 amide bonds. The summed E-state index contributed by atoms with van der Waals surface area (Å²) in [5, 5.41) is 5.59. The van der Waals surface area contributed by atoms with E-state index >= 15 is 0 Å². The van der Waals surface area contributed by atoms with Crippen molar-refractivity contribution in [3.05, 3.63) is 22.7 Å². The van der Waals surface area contributed by atoms with Gasteiger partial charge in [0.1, 0.15) is 5.76 Å². The Morgan fingerprint density at radius 2 is 1.96 bits per heavy atom. The van der Waals surface area contributed by atoms with Gasteiger partial charge in [0.2, 0.25) is 5.91 Å². The highest BCUT2D eigenvalue weighted by Gasteiger charge is 2.19. The van der Waals surface area contributed by atoms with Crippen molar-refractivity contribution in [3.8, 4) is 0 Å². The molecule has 0 unspecified atom stereocenters. The van der Waals surface area contributed by atoms with Crippen LogP contribution in [0.2, 0.25) is 5.15 Å². The molecule has 0 aliphatic heterocycles. The molecule has 0 bridgehead atoms. The molecule has 0 aromatic carbocycles. The van der Waals surface area contributed by atoms with Gasteiger partial charge in [0.05, 0.1) is 0 Å². The lowest BCUT2D eigenvalue weighted by molar-refractivity contribution is -0.117. The first-order chi connectivity index (χ1) is 11.0. The second kappa shape index (κ2) is 7.96. The zero-order valence-corrected chi connectivity index (χ0v) is 15.1. The normalized spacial score (nSPS) is 11.8. The number of hydrogen-bond acceptors (Lipinski definition) is 7. The van der Waals surface area contributed by atoms with Crippen LogP contribution in [0.25, 0.3) is 0 Å². The molecule has 0 radical (unpaired) electrons. The number of aromatic nitrogens is 2. The third-order valence-electron chi connectivity index (χ3n) is 2.50. The Hall–Kier alpha value is -2.35. The lowest BCUT2D eigenvalue weighted by Crippen LogP contribution is -2.39. The molecule has 0 spiro atoms. The summed E-state index contributed by atoms with van der Waals surface area (Å²) >= 11 is 5.94. The first-order valence-electron chi connectivity index (χ1n) is 7.33. The second-order valence-electron chi connectivity index (χ2n) is 6.01. The number of hydrogen-bond donors (Lipinski definition) is 3. The van der Waals surface area contributed by atoms with Crippen molar-refractivity contribution in [2.75, 3.05) is 17.6 Å². The Bertz CT molecular complexity index is 668. The topological polar surface area (TPSA) is 119 Å². The number of nitrogens with zero attached hydrogens (tertiary/aromatic N) is 2. The molecule has 9 heteroatoms. The number of anilines is 2. The minimum absolute atomic E-state index is 0.00473. The number of carbonyl (C=O) groups is 2. The fourth-order valence-electron chi connectivity index (χ4n) is 1.67. The summed E-state index contributed by atoms with van der Waals surface area (Å²) in [6.45, 7) is 9.41. The van der Waals surface area contributed by atoms with Crippen LogP contribution >= 0.6 is 11.6 Å². The Morgan fingerprint density at radius 1 is 1.33 bits per heavy atom. The lowest BCUT2D eigenvalue weighted by Gasteiger charge is -2.19. The molecule has 1 heterocycles. The average molecular weight is 356 g/mol. The lowest BCUT2D eigenvalue weighted by atomic mass is 10.1. The van der Waals surface area contributed by atoms with Gasteiger partial charge in [-0.1, -0.05) is 11.6 Å². The zero-order chi connectivity index (χ0) is 18.5. The van der Waals surface area contributed by atoms with Gasteiger partial charge >= 0.3 is 5.97 Å². The number of ether oxygens (including phenoxy) is 1. The fourth-order valence-corrected chi connectivity index (χ4v) is 1.87. The summed E-state index contributed by atoms with van der Waals surface area (Å²) in [5.41, 5.74) is 5.09. The molecule has 0 fully saturated rings. The van der Waals surface area contributed by atoms with Crippen molar-refractivity contribution in [3.63, 3.8) is 0 Å². The largest absolute Gasteiger partial charge is 0.426 e. The van der Waals surface area contributed by atoms with E-state index in [0.29, 0.717) is 6.54 Å². The van der Waals surface area contributed by atoms with E-state index in [9.17, 15) is 9.59 Å². The number of nitrogens with two attached hydrogens (primary N) is 1. The van der Waals surface area contributed by atoms with Crippen LogP contribution in [0.15, 0.2) is 11.8 Å². The molecular formula is C15H22ClN5O3. The van der Waals surface area contributed by atoms with E-state index in [1.54, 1.807) is 0 Å². The van der Waals surface area contributed by atoms with Gasteiger partial charge in [0.15, 0.2) is 22.5 Å². The summed E-state index contributed by atoms with van der Waals surface area (Å²) in [4.78, 5) is 31.7. The second-order valence-corrected chi connectivity index (χ2v) is 6.37. The highest BCUT2D eigenvalue weighted by atomic mass is 35.5. The molecular weight excluding hydrogens is 334 g/mol. The molecule has 1 rings (SSSR count). The predicted octanol–water partition coefficient (Wildman–Crippen LogP) is 2.12. The number of nitrogens with one attached hydrogen (secondary N) is 2. The van der Waals surface area contributed by atoms with Gasteiger partial charge in [-0.05, 0) is 34.6 Å². The van der Waals surface area contributed by atoms with Gasteiger partial charge in [0.25, 0.3) is 0 Å². The summed E-state index contributed by atoms with van der Waals surface area (Å²) in [6.07, 6.45) is 1.17. The summed E-state index contributed by atoms with van der Waals surface area (Å²) in [7, 11) is 0. The standard InChI is InChI=1S/C15H22ClN5O3/c1-6-18-13-11(16)19-10(12(17)20-13)14(23)24-8(2)7-9(22)21-15(3,4)5/h7H,6H2,1-5H3,(H,21,22)(H3,17,18,20)/b8-7-. The number of nitrogen functional groups attached to an aromatic ring is 1. The molecule has 24 heavy (non-hydrogen) atoms. The van der Waals surface area contributed by atoms with Crippen LogP contribution in [0.5, 0.6) is 0 Å². The molecule has 1 aromatic rings. The molecule has 0 aliphatic carbocycles. The van der Waals surface area contributed by atoms with E-state index in [2.05, 4.69) is 20.6 Å². The van der Waals surface area contributed by atoms with E-state index in [-0.39, 0.29) is 34.1 Å². The van der Waals surface area contributed by atoms with E-state index < -0.39 is 11.5 Å². The van der Waals surface area contributed by atoms with Crippen LogP contribution < -0.4 is 16.4 Å². The predicted molar refractivity (Wildman–Crippen MR) is 92.7 cm³/mol. The maximum atomic E-state index is 12.1. The molecule has 0 saturated heterocycles. The number of amides is 1. The van der Waals surface area contributed by atoms with Gasteiger partial charge in [0, 0.05) is 18.2 Å². The SMILES string of the molecule is CCNc1nc(N)c(C(=O)O/C(C)=C\C(=O)NC(C)(C)C)nc1Cl. The summed E-state index contributed by atoms with van der Waals surface area (Å²) in [5.74, 6) is -0.971. The molecule has 4 N–H and O–H groups in total. The highest BCUT2D eigenvalue weighted by molar-refractivity contribution is 6.31. The molecule has 0 atom stereocenters. The van der Waals surface area contributed by atoms with Crippen molar-refractivity contribution < 1.29 is 14.3 Å². The summed E-state index contributed by atoms with van der Waals surface area (Å²) < 4.78 is 5.06. The van der Waals surface area contributed by atoms with Crippen molar-refractivity contribution in [2.24, 2.45) is 0 Å². The van der Waals surface area contributed by atoms with Gasteiger partial charge in [-0.3, -0.25) is 4.79 Å². The maximum absolute atomic E-state index is 12.1. The van der Waals surface area contributed by atoms with Crippen LogP contribution in [-0.4, -0.2) is 33.9 Å². The van der Waals surface area contributed by atoms with E-state index in [0.717, 1.165) is 0 Å². The van der Waals surface area contributed by atoms with Crippen LogP contribution in [0.3, 0.4) is 0 Å². The fraction of sp³-hybridized carbons (Fsp3) is 0.467. The van der Waals surface area contributed by atoms with Crippen LogP contribution in [0, 0.1) is 0 Å². The van der Waals surface area contributed by atoms with Crippen molar-refractivity contribution in [2.45, 2.75) is 40.2 Å². The minimum atomic E-state index is -0.845. The number of allylic oxidation sites excluding steroid dienone is 1. The van der Waals surface area contributed by atoms with Gasteiger partial charge in [-0.25, -0.2) is 14.8 Å². The van der Waals surface area contributed by atoms with Crippen LogP contribution in [-0.2, 0) is 9.53 Å². The number of esters is 1. The Kier molecular flexibility index (Phi) is 6.53. The Balaban J connectivity index is 2.88. The number of rotatable bonds is 5. The van der Waals surface area contributed by atoms with Crippen molar-refractivity contribution in [1.82, 2.24) is 15.3 Å². The van der Waals surface area contributed by atoms with Crippen molar-refractivity contribution in [1.29, 1.82) is 0 Å². The zero-order valence-electron chi connectivity index (χ0n) is 14.4. The monoisotopic (exact) mass is 355 g/mol. The molecule has 0 aliphatic rings. The van der Waals surface area contributed by atoms with E-state index in [1.807, 2.05) is 27.7 Å². The molecule has 1 aromatic heterocycles. The first-order valence-corrected chi connectivity index (χ1v) is 7.70. The first kappa shape index (κ1) is 19.7. The molecule has 132 valence electrons. The van der Waals surface area contributed by atoms with E-state index in [1.165, 1.54) is 13.0 Å². The Labute approximate surface area is 145 Å². The maximum Gasteiger partial charge on any atom is 0.365 e. The third kappa shape index (κ3) is 6.04. The van der Waals surface area contributed by atoms with Crippen molar-refractivity contribution >= 4 is 35.1 Å².